The lowest BCUT2D eigenvalue weighted by atomic mass is 9.66. The number of piperidine rings is 1. The first-order chi connectivity index (χ1) is 12.0. The third-order valence-corrected chi connectivity index (χ3v) is 5.78. The number of nitrogens with zero attached hydrogens (tertiary/aromatic N) is 1. The number of aliphatic hydroxyl groups is 1. The number of carbonyl (C=O) groups excluding carboxylic acids is 1. The normalized spacial score (nSPS) is 29.7. The van der Waals surface area contributed by atoms with Gasteiger partial charge in [0.1, 0.15) is 0 Å². The van der Waals surface area contributed by atoms with E-state index < -0.39 is 5.60 Å². The number of nitrogens with two attached hydrogens (primary N) is 1. The average molecular weight is 348 g/mol. The van der Waals surface area contributed by atoms with Crippen LogP contribution >= 0.6 is 0 Å². The summed E-state index contributed by atoms with van der Waals surface area (Å²) in [6, 6.07) is 5.79. The van der Waals surface area contributed by atoms with E-state index in [4.69, 9.17) is 15.2 Å². The monoisotopic (exact) mass is 348 g/mol. The van der Waals surface area contributed by atoms with Crippen LogP contribution in [-0.2, 0) is 4.79 Å². The van der Waals surface area contributed by atoms with Crippen LogP contribution in [0.1, 0.15) is 43.7 Å². The number of ether oxygens (including phenoxy) is 2. The summed E-state index contributed by atoms with van der Waals surface area (Å²) in [7, 11) is 3.22. The van der Waals surface area contributed by atoms with Gasteiger partial charge in [0.2, 0.25) is 5.91 Å². The van der Waals surface area contributed by atoms with Crippen LogP contribution in [0.25, 0.3) is 0 Å². The summed E-state index contributed by atoms with van der Waals surface area (Å²) in [6.07, 6.45) is 4.62. The molecule has 2 fully saturated rings. The lowest BCUT2D eigenvalue weighted by Crippen LogP contribution is -2.56. The van der Waals surface area contributed by atoms with E-state index in [1.165, 1.54) is 0 Å². The Hall–Kier alpha value is -1.79. The van der Waals surface area contributed by atoms with Gasteiger partial charge >= 0.3 is 0 Å². The summed E-state index contributed by atoms with van der Waals surface area (Å²) in [5.41, 5.74) is 5.85. The molecule has 3 rings (SSSR count). The van der Waals surface area contributed by atoms with Crippen LogP contribution in [0.5, 0.6) is 11.5 Å². The van der Waals surface area contributed by atoms with E-state index >= 15 is 0 Å². The number of primary amides is 1. The zero-order chi connectivity index (χ0) is 18.0. The van der Waals surface area contributed by atoms with Crippen LogP contribution in [0.15, 0.2) is 18.2 Å². The molecule has 0 unspecified atom stereocenters. The van der Waals surface area contributed by atoms with Gasteiger partial charge in [-0.2, -0.15) is 0 Å². The van der Waals surface area contributed by atoms with Crippen molar-refractivity contribution in [2.45, 2.75) is 43.7 Å². The molecule has 3 atom stereocenters. The fourth-order valence-electron chi connectivity index (χ4n) is 4.60. The van der Waals surface area contributed by atoms with Gasteiger partial charge in [0.05, 0.1) is 26.4 Å². The van der Waals surface area contributed by atoms with Crippen LogP contribution in [0.2, 0.25) is 0 Å². The quantitative estimate of drug-likeness (QED) is 0.848. The summed E-state index contributed by atoms with van der Waals surface area (Å²) in [5, 5.41) is 11.2. The van der Waals surface area contributed by atoms with Crippen molar-refractivity contribution in [2.75, 3.05) is 27.3 Å². The van der Waals surface area contributed by atoms with Gasteiger partial charge < -0.3 is 20.3 Å². The van der Waals surface area contributed by atoms with Crippen molar-refractivity contribution >= 4 is 5.91 Å². The van der Waals surface area contributed by atoms with Gasteiger partial charge in [-0.25, -0.2) is 0 Å². The minimum atomic E-state index is -0.662. The molecule has 1 heterocycles. The van der Waals surface area contributed by atoms with Crippen molar-refractivity contribution in [1.82, 2.24) is 4.90 Å². The number of hydrogen-bond donors (Lipinski definition) is 2. The molecule has 1 saturated carbocycles. The smallest absolute Gasteiger partial charge is 0.231 e. The van der Waals surface area contributed by atoms with E-state index in [1.54, 1.807) is 14.2 Å². The topological polar surface area (TPSA) is 85.0 Å². The van der Waals surface area contributed by atoms with Crippen molar-refractivity contribution in [3.05, 3.63) is 23.8 Å². The van der Waals surface area contributed by atoms with Crippen LogP contribution in [0, 0.1) is 5.92 Å². The molecule has 0 bridgehead atoms. The molecule has 25 heavy (non-hydrogen) atoms. The molecule has 3 N–H and O–H groups in total. The molecular formula is C19H28N2O4. The first-order valence-electron chi connectivity index (χ1n) is 8.95. The molecule has 0 spiro atoms. The van der Waals surface area contributed by atoms with E-state index in [0.29, 0.717) is 24.5 Å². The van der Waals surface area contributed by atoms with Gasteiger partial charge in [-0.3, -0.25) is 9.69 Å². The number of rotatable bonds is 5. The molecular weight excluding hydrogens is 320 g/mol. The number of benzene rings is 1. The number of amides is 1. The van der Waals surface area contributed by atoms with E-state index in [9.17, 15) is 9.90 Å². The predicted octanol–water partition coefficient (Wildman–Crippen LogP) is 1.86. The average Bonchev–Trinajstić information content (AvgIpc) is 2.60. The largest absolute Gasteiger partial charge is 0.493 e. The maximum Gasteiger partial charge on any atom is 0.231 e. The van der Waals surface area contributed by atoms with Gasteiger partial charge in [-0.05, 0) is 37.0 Å². The van der Waals surface area contributed by atoms with Crippen LogP contribution in [-0.4, -0.2) is 48.8 Å². The highest BCUT2D eigenvalue weighted by atomic mass is 16.5. The number of fused-ring (bicyclic) bond motifs is 1. The fourth-order valence-corrected chi connectivity index (χ4v) is 4.60. The van der Waals surface area contributed by atoms with Gasteiger partial charge in [-0.15, -0.1) is 0 Å². The number of likely N-dealkylation sites (tertiary alicyclic amines) is 1. The molecule has 1 aromatic rings. The van der Waals surface area contributed by atoms with E-state index in [2.05, 4.69) is 4.90 Å². The fraction of sp³-hybridized carbons (Fsp3) is 0.632. The van der Waals surface area contributed by atoms with Crippen molar-refractivity contribution in [2.24, 2.45) is 11.7 Å². The minimum absolute atomic E-state index is 0.0497. The summed E-state index contributed by atoms with van der Waals surface area (Å²) in [4.78, 5) is 13.7. The highest BCUT2D eigenvalue weighted by molar-refractivity contribution is 5.76. The number of methoxy groups -OCH3 is 2. The van der Waals surface area contributed by atoms with E-state index in [1.807, 2.05) is 18.2 Å². The van der Waals surface area contributed by atoms with Crippen molar-refractivity contribution in [1.29, 1.82) is 0 Å². The SMILES string of the molecule is COc1ccc([C@H]2[C@H]3CCCC[C@]3(O)CCN2CC(N)=O)cc1OC. The maximum absolute atomic E-state index is 11.6. The van der Waals surface area contributed by atoms with Gasteiger partial charge in [-0.1, -0.05) is 18.9 Å². The molecule has 1 saturated heterocycles. The van der Waals surface area contributed by atoms with Gasteiger partial charge in [0.25, 0.3) is 0 Å². The molecule has 0 radical (unpaired) electrons. The summed E-state index contributed by atoms with van der Waals surface area (Å²) in [6.45, 7) is 0.862. The Balaban J connectivity index is 2.01. The molecule has 1 aromatic carbocycles. The second kappa shape index (κ2) is 7.22. The van der Waals surface area contributed by atoms with Gasteiger partial charge in [0, 0.05) is 18.5 Å². The molecule has 1 aliphatic carbocycles. The van der Waals surface area contributed by atoms with Crippen molar-refractivity contribution in [3.8, 4) is 11.5 Å². The first-order valence-corrected chi connectivity index (χ1v) is 8.95. The zero-order valence-electron chi connectivity index (χ0n) is 15.0. The summed E-state index contributed by atoms with van der Waals surface area (Å²) in [5.74, 6) is 1.07. The minimum Gasteiger partial charge on any atom is -0.493 e. The highest BCUT2D eigenvalue weighted by Crippen LogP contribution is 2.49. The Morgan fingerprint density at radius 2 is 2.04 bits per heavy atom. The van der Waals surface area contributed by atoms with E-state index in [-0.39, 0.29) is 24.4 Å². The van der Waals surface area contributed by atoms with Crippen molar-refractivity contribution in [3.63, 3.8) is 0 Å². The Labute approximate surface area is 148 Å². The van der Waals surface area contributed by atoms with Crippen molar-refractivity contribution < 1.29 is 19.4 Å². The molecule has 6 nitrogen and oxygen atoms in total. The third kappa shape index (κ3) is 3.46. The zero-order valence-corrected chi connectivity index (χ0v) is 15.0. The Morgan fingerprint density at radius 3 is 2.72 bits per heavy atom. The molecule has 0 aromatic heterocycles. The lowest BCUT2D eigenvalue weighted by Gasteiger charge is -2.52. The lowest BCUT2D eigenvalue weighted by molar-refractivity contribution is -0.136. The maximum atomic E-state index is 11.6. The molecule has 2 aliphatic rings. The predicted molar refractivity (Wildman–Crippen MR) is 94.6 cm³/mol. The number of hydrogen-bond acceptors (Lipinski definition) is 5. The molecule has 1 amide bonds. The second-order valence-corrected chi connectivity index (χ2v) is 7.20. The second-order valence-electron chi connectivity index (χ2n) is 7.20. The van der Waals surface area contributed by atoms with Crippen LogP contribution in [0.4, 0.5) is 0 Å². The Bertz CT molecular complexity index is 636. The standard InChI is InChI=1S/C19H28N2O4/c1-24-15-7-6-13(11-16(15)25-2)18-14-5-3-4-8-19(14,23)9-10-21(18)12-17(20)22/h6-7,11,14,18,23H,3-5,8-10,12H2,1-2H3,(H2,20,22)/t14-,18+,19+/m1/s1. The summed E-state index contributed by atoms with van der Waals surface area (Å²) >= 11 is 0. The highest BCUT2D eigenvalue weighted by Gasteiger charge is 2.49. The summed E-state index contributed by atoms with van der Waals surface area (Å²) < 4.78 is 10.8. The first kappa shape index (κ1) is 18.0. The van der Waals surface area contributed by atoms with E-state index in [0.717, 1.165) is 31.2 Å². The molecule has 1 aliphatic heterocycles. The van der Waals surface area contributed by atoms with Crippen LogP contribution < -0.4 is 15.2 Å². The third-order valence-electron chi connectivity index (χ3n) is 5.78. The number of carbonyl (C=O) groups is 1. The van der Waals surface area contributed by atoms with Gasteiger partial charge in [0.15, 0.2) is 11.5 Å². The Morgan fingerprint density at radius 1 is 1.28 bits per heavy atom. The Kier molecular flexibility index (Phi) is 5.20. The van der Waals surface area contributed by atoms with Crippen LogP contribution in [0.3, 0.4) is 0 Å². The molecule has 6 heteroatoms. The molecule has 138 valence electrons.